The van der Waals surface area contributed by atoms with Crippen LogP contribution >= 0.6 is 0 Å². The zero-order chi connectivity index (χ0) is 13.8. The number of rotatable bonds is 4. The highest BCUT2D eigenvalue weighted by molar-refractivity contribution is 5.36. The fourth-order valence-electron chi connectivity index (χ4n) is 3.50. The van der Waals surface area contributed by atoms with Crippen molar-refractivity contribution in [2.45, 2.75) is 31.6 Å². The van der Waals surface area contributed by atoms with Crippen molar-refractivity contribution in [3.63, 3.8) is 0 Å². The van der Waals surface area contributed by atoms with Gasteiger partial charge in [0.15, 0.2) is 0 Å². The SMILES string of the molecule is COc1ccc(C(c2ccccc2)C2CCCC2)cc1. The van der Waals surface area contributed by atoms with Crippen molar-refractivity contribution < 1.29 is 4.74 Å². The van der Waals surface area contributed by atoms with Gasteiger partial charge in [-0.15, -0.1) is 0 Å². The van der Waals surface area contributed by atoms with Crippen molar-refractivity contribution in [2.24, 2.45) is 5.92 Å². The predicted molar refractivity (Wildman–Crippen MR) is 83.2 cm³/mol. The summed E-state index contributed by atoms with van der Waals surface area (Å²) < 4.78 is 5.28. The molecule has 0 bridgehead atoms. The second-order valence-corrected chi connectivity index (χ2v) is 5.71. The van der Waals surface area contributed by atoms with Crippen LogP contribution in [0.2, 0.25) is 0 Å². The second-order valence-electron chi connectivity index (χ2n) is 5.71. The Morgan fingerprint density at radius 1 is 0.850 bits per heavy atom. The lowest BCUT2D eigenvalue weighted by molar-refractivity contribution is 0.414. The molecule has 3 rings (SSSR count). The van der Waals surface area contributed by atoms with Crippen molar-refractivity contribution >= 4 is 0 Å². The van der Waals surface area contributed by atoms with Crippen LogP contribution in [0, 0.1) is 5.92 Å². The summed E-state index contributed by atoms with van der Waals surface area (Å²) in [6.45, 7) is 0. The van der Waals surface area contributed by atoms with Crippen molar-refractivity contribution in [1.82, 2.24) is 0 Å². The molecule has 1 saturated carbocycles. The Balaban J connectivity index is 1.95. The van der Waals surface area contributed by atoms with E-state index in [9.17, 15) is 0 Å². The third-order valence-electron chi connectivity index (χ3n) is 4.50. The van der Waals surface area contributed by atoms with Crippen LogP contribution in [0.25, 0.3) is 0 Å². The van der Waals surface area contributed by atoms with E-state index in [0.29, 0.717) is 5.92 Å². The van der Waals surface area contributed by atoms with Crippen LogP contribution < -0.4 is 4.74 Å². The summed E-state index contributed by atoms with van der Waals surface area (Å²) in [6, 6.07) is 19.6. The van der Waals surface area contributed by atoms with Gasteiger partial charge in [-0.05, 0) is 42.0 Å². The molecule has 1 aliphatic rings. The molecule has 2 aromatic rings. The van der Waals surface area contributed by atoms with Crippen LogP contribution in [0.1, 0.15) is 42.7 Å². The molecule has 0 N–H and O–H groups in total. The van der Waals surface area contributed by atoms with E-state index in [-0.39, 0.29) is 0 Å². The molecule has 0 aliphatic heterocycles. The smallest absolute Gasteiger partial charge is 0.118 e. The molecule has 20 heavy (non-hydrogen) atoms. The lowest BCUT2D eigenvalue weighted by Crippen LogP contribution is -2.11. The second kappa shape index (κ2) is 6.13. The zero-order valence-electron chi connectivity index (χ0n) is 12.1. The number of hydrogen-bond donors (Lipinski definition) is 0. The molecule has 0 spiro atoms. The molecule has 1 heteroatoms. The third kappa shape index (κ3) is 2.72. The van der Waals surface area contributed by atoms with Gasteiger partial charge in [0, 0.05) is 5.92 Å². The molecule has 0 saturated heterocycles. The molecule has 1 nitrogen and oxygen atoms in total. The zero-order valence-corrected chi connectivity index (χ0v) is 12.1. The number of hydrogen-bond acceptors (Lipinski definition) is 1. The van der Waals surface area contributed by atoms with Crippen molar-refractivity contribution in [2.75, 3.05) is 7.11 Å². The Kier molecular flexibility index (Phi) is 4.05. The fraction of sp³-hybridized carbons (Fsp3) is 0.368. The summed E-state index contributed by atoms with van der Waals surface area (Å²) in [5.41, 5.74) is 2.87. The summed E-state index contributed by atoms with van der Waals surface area (Å²) in [7, 11) is 1.72. The van der Waals surface area contributed by atoms with E-state index in [0.717, 1.165) is 11.7 Å². The van der Waals surface area contributed by atoms with Gasteiger partial charge in [0.1, 0.15) is 5.75 Å². The van der Waals surface area contributed by atoms with E-state index in [4.69, 9.17) is 4.74 Å². The molecule has 0 amide bonds. The highest BCUT2D eigenvalue weighted by atomic mass is 16.5. The Morgan fingerprint density at radius 3 is 2.05 bits per heavy atom. The van der Waals surface area contributed by atoms with E-state index < -0.39 is 0 Å². The van der Waals surface area contributed by atoms with Gasteiger partial charge in [0.25, 0.3) is 0 Å². The molecule has 1 atom stereocenters. The molecular formula is C19H22O. The highest BCUT2D eigenvalue weighted by Gasteiger charge is 2.27. The molecule has 1 aliphatic carbocycles. The van der Waals surface area contributed by atoms with Crippen LogP contribution in [0.4, 0.5) is 0 Å². The standard InChI is InChI=1S/C19H22O/c1-20-18-13-11-17(12-14-18)19(16-9-5-6-10-16)15-7-3-2-4-8-15/h2-4,7-8,11-14,16,19H,5-6,9-10H2,1H3. The largest absolute Gasteiger partial charge is 0.497 e. The van der Waals surface area contributed by atoms with Crippen molar-refractivity contribution in [3.05, 3.63) is 65.7 Å². The first-order valence-electron chi connectivity index (χ1n) is 7.57. The number of ether oxygens (including phenoxy) is 1. The lowest BCUT2D eigenvalue weighted by Gasteiger charge is -2.24. The molecule has 1 fully saturated rings. The minimum absolute atomic E-state index is 0.532. The normalized spacial score (nSPS) is 17.1. The minimum atomic E-state index is 0.532. The molecular weight excluding hydrogens is 244 g/mol. The molecule has 104 valence electrons. The summed E-state index contributed by atoms with van der Waals surface area (Å²) in [5.74, 6) is 2.25. The van der Waals surface area contributed by atoms with Crippen LogP contribution in [-0.4, -0.2) is 7.11 Å². The van der Waals surface area contributed by atoms with Gasteiger partial charge in [-0.3, -0.25) is 0 Å². The average molecular weight is 266 g/mol. The van der Waals surface area contributed by atoms with Gasteiger partial charge in [-0.2, -0.15) is 0 Å². The van der Waals surface area contributed by atoms with Gasteiger partial charge in [0.2, 0.25) is 0 Å². The highest BCUT2D eigenvalue weighted by Crippen LogP contribution is 2.41. The quantitative estimate of drug-likeness (QED) is 0.755. The van der Waals surface area contributed by atoms with E-state index in [1.54, 1.807) is 7.11 Å². The number of methoxy groups -OCH3 is 1. The van der Waals surface area contributed by atoms with E-state index in [2.05, 4.69) is 54.6 Å². The van der Waals surface area contributed by atoms with Crippen LogP contribution in [-0.2, 0) is 0 Å². The van der Waals surface area contributed by atoms with Crippen LogP contribution in [0.15, 0.2) is 54.6 Å². The van der Waals surface area contributed by atoms with Gasteiger partial charge < -0.3 is 4.74 Å². The maximum Gasteiger partial charge on any atom is 0.118 e. The van der Waals surface area contributed by atoms with Crippen LogP contribution in [0.5, 0.6) is 5.75 Å². The van der Waals surface area contributed by atoms with Gasteiger partial charge >= 0.3 is 0 Å². The summed E-state index contributed by atoms with van der Waals surface area (Å²) >= 11 is 0. The Morgan fingerprint density at radius 2 is 1.45 bits per heavy atom. The summed E-state index contributed by atoms with van der Waals surface area (Å²) in [4.78, 5) is 0. The minimum Gasteiger partial charge on any atom is -0.497 e. The maximum atomic E-state index is 5.28. The van der Waals surface area contributed by atoms with Gasteiger partial charge in [-0.1, -0.05) is 55.3 Å². The lowest BCUT2D eigenvalue weighted by atomic mass is 9.80. The average Bonchev–Trinajstić information content (AvgIpc) is 3.03. The Labute approximate surface area is 121 Å². The van der Waals surface area contributed by atoms with E-state index in [1.165, 1.54) is 36.8 Å². The first-order valence-corrected chi connectivity index (χ1v) is 7.57. The van der Waals surface area contributed by atoms with Crippen molar-refractivity contribution in [1.29, 1.82) is 0 Å². The maximum absolute atomic E-state index is 5.28. The fourth-order valence-corrected chi connectivity index (χ4v) is 3.50. The molecule has 0 aromatic heterocycles. The number of benzene rings is 2. The van der Waals surface area contributed by atoms with Gasteiger partial charge in [0.05, 0.1) is 7.11 Å². The first kappa shape index (κ1) is 13.2. The van der Waals surface area contributed by atoms with Crippen molar-refractivity contribution in [3.8, 4) is 5.75 Å². The Hall–Kier alpha value is -1.76. The monoisotopic (exact) mass is 266 g/mol. The Bertz CT molecular complexity index is 523. The summed E-state index contributed by atoms with van der Waals surface area (Å²) in [6.07, 6.45) is 5.46. The molecule has 0 heterocycles. The predicted octanol–water partition coefficient (Wildman–Crippen LogP) is 5.02. The van der Waals surface area contributed by atoms with E-state index in [1.807, 2.05) is 0 Å². The topological polar surface area (TPSA) is 9.23 Å². The molecule has 1 unspecified atom stereocenters. The van der Waals surface area contributed by atoms with Crippen LogP contribution in [0.3, 0.4) is 0 Å². The summed E-state index contributed by atoms with van der Waals surface area (Å²) in [5, 5.41) is 0. The first-order chi connectivity index (χ1) is 9.88. The molecule has 0 radical (unpaired) electrons. The van der Waals surface area contributed by atoms with E-state index >= 15 is 0 Å². The molecule has 2 aromatic carbocycles. The van der Waals surface area contributed by atoms with Gasteiger partial charge in [-0.25, -0.2) is 0 Å². The third-order valence-corrected chi connectivity index (χ3v) is 4.50.